The lowest BCUT2D eigenvalue weighted by molar-refractivity contribution is 0.0428. The van der Waals surface area contributed by atoms with Gasteiger partial charge < -0.3 is 18.8 Å². The molecular formula is C29H33BrN6O5. The maximum absolute atomic E-state index is 13.9. The molecule has 4 rings (SSSR count). The van der Waals surface area contributed by atoms with E-state index in [1.165, 1.54) is 0 Å². The first-order valence-corrected chi connectivity index (χ1v) is 13.7. The quantitative estimate of drug-likeness (QED) is 0.227. The minimum Gasteiger partial charge on any atom is -0.496 e. The van der Waals surface area contributed by atoms with Crippen LogP contribution in [-0.4, -0.2) is 49.6 Å². The van der Waals surface area contributed by atoms with E-state index in [-0.39, 0.29) is 11.4 Å². The summed E-state index contributed by atoms with van der Waals surface area (Å²) in [7, 11) is 3.36. The number of rotatable bonds is 3. The summed E-state index contributed by atoms with van der Waals surface area (Å²) in [6, 6.07) is 5.90. The van der Waals surface area contributed by atoms with Crippen LogP contribution in [0.1, 0.15) is 58.2 Å². The van der Waals surface area contributed by atoms with Crippen molar-refractivity contribution >= 4 is 56.0 Å². The zero-order valence-electron chi connectivity index (χ0n) is 24.8. The number of methoxy groups -OCH3 is 1. The number of fused-ring (bicyclic) bond motifs is 3. The zero-order chi connectivity index (χ0) is 30.6. The molecule has 0 bridgehead atoms. The number of aromatic nitrogens is 4. The molecule has 0 spiro atoms. The second-order valence-corrected chi connectivity index (χ2v) is 12.4. The molecule has 3 aromatic heterocycles. The van der Waals surface area contributed by atoms with Crippen molar-refractivity contribution in [2.75, 3.05) is 12.0 Å². The van der Waals surface area contributed by atoms with Gasteiger partial charge in [0.15, 0.2) is 11.5 Å². The molecule has 216 valence electrons. The maximum Gasteiger partial charge on any atom is 0.425 e. The number of benzene rings is 1. The molecule has 12 heteroatoms. The summed E-state index contributed by atoms with van der Waals surface area (Å²) in [5.41, 5.74) is 1.63. The van der Waals surface area contributed by atoms with E-state index in [9.17, 15) is 14.9 Å². The third-order valence-electron chi connectivity index (χ3n) is 6.19. The summed E-state index contributed by atoms with van der Waals surface area (Å²) in [4.78, 5) is 37.8. The molecule has 1 aromatic carbocycles. The molecule has 4 aromatic rings. The maximum atomic E-state index is 13.9. The van der Waals surface area contributed by atoms with E-state index in [1.54, 1.807) is 71.2 Å². The van der Waals surface area contributed by atoms with Crippen LogP contribution < -0.4 is 9.64 Å². The van der Waals surface area contributed by atoms with E-state index in [0.29, 0.717) is 43.7 Å². The highest BCUT2D eigenvalue weighted by atomic mass is 79.9. The average molecular weight is 626 g/mol. The van der Waals surface area contributed by atoms with E-state index in [0.717, 1.165) is 10.5 Å². The van der Waals surface area contributed by atoms with Crippen molar-refractivity contribution in [2.24, 2.45) is 7.05 Å². The topological polar surface area (TPSA) is 124 Å². The predicted octanol–water partition coefficient (Wildman–Crippen LogP) is 6.85. The molecule has 0 fully saturated rings. The van der Waals surface area contributed by atoms with Gasteiger partial charge >= 0.3 is 12.2 Å². The highest BCUT2D eigenvalue weighted by Crippen LogP contribution is 2.44. The minimum atomic E-state index is -1.01. The number of pyridine rings is 1. The molecule has 0 atom stereocenters. The largest absolute Gasteiger partial charge is 0.496 e. The van der Waals surface area contributed by atoms with Gasteiger partial charge in [-0.05, 0) is 82.9 Å². The van der Waals surface area contributed by atoms with Gasteiger partial charge in [-0.3, -0.25) is 4.57 Å². The van der Waals surface area contributed by atoms with Crippen molar-refractivity contribution in [3.05, 3.63) is 39.8 Å². The normalized spacial score (nSPS) is 12.0. The molecule has 0 aliphatic rings. The van der Waals surface area contributed by atoms with Crippen LogP contribution in [0.15, 0.2) is 23.1 Å². The Labute approximate surface area is 246 Å². The van der Waals surface area contributed by atoms with Crippen LogP contribution in [0.5, 0.6) is 5.75 Å². The average Bonchev–Trinajstić information content (AvgIpc) is 3.35. The van der Waals surface area contributed by atoms with Gasteiger partial charge in [-0.25, -0.2) is 19.6 Å². The molecule has 3 heterocycles. The van der Waals surface area contributed by atoms with Crippen molar-refractivity contribution in [3.63, 3.8) is 0 Å². The van der Waals surface area contributed by atoms with E-state index in [2.05, 4.69) is 32.0 Å². The summed E-state index contributed by atoms with van der Waals surface area (Å²) >= 11 is 3.54. The van der Waals surface area contributed by atoms with E-state index < -0.39 is 23.4 Å². The Hall–Kier alpha value is -4.11. The monoisotopic (exact) mass is 624 g/mol. The number of ether oxygens (including phenoxy) is 3. The first-order chi connectivity index (χ1) is 19.0. The fourth-order valence-electron chi connectivity index (χ4n) is 4.64. The van der Waals surface area contributed by atoms with Gasteiger partial charge in [0.05, 0.1) is 30.0 Å². The molecule has 0 aliphatic carbocycles. The molecule has 0 saturated carbocycles. The second kappa shape index (κ2) is 10.4. The third-order valence-corrected chi connectivity index (χ3v) is 6.76. The Bertz CT molecular complexity index is 1720. The Morgan fingerprint density at radius 1 is 1.05 bits per heavy atom. The molecule has 41 heavy (non-hydrogen) atoms. The van der Waals surface area contributed by atoms with Gasteiger partial charge in [0, 0.05) is 12.6 Å². The standard InChI is InChI=1S/C29H33BrN6O5/c1-15-11-12-18(39-10)16(2)21(15)35-22-19(23(30)33-24-20(22)32-14-34(24)9)17(13-31)25(35)36(26(37)40-28(3,4)5)27(38)41-29(6,7)8/h11-12,14H,1-10H3. The summed E-state index contributed by atoms with van der Waals surface area (Å²) in [6.45, 7) is 13.9. The number of carbonyl (C=O) groups excluding carboxylic acids is 2. The molecule has 0 radical (unpaired) electrons. The lowest BCUT2D eigenvalue weighted by Gasteiger charge is -2.30. The summed E-state index contributed by atoms with van der Waals surface area (Å²) < 4.78 is 20.8. The Balaban J connectivity index is 2.29. The van der Waals surface area contributed by atoms with Crippen LogP contribution >= 0.6 is 15.9 Å². The number of aryl methyl sites for hydroxylation is 2. The summed E-state index contributed by atoms with van der Waals surface area (Å²) in [6.07, 6.45) is -0.407. The highest BCUT2D eigenvalue weighted by molar-refractivity contribution is 9.10. The fourth-order valence-corrected chi connectivity index (χ4v) is 5.19. The van der Waals surface area contributed by atoms with Crippen LogP contribution in [0.2, 0.25) is 0 Å². The lowest BCUT2D eigenvalue weighted by Crippen LogP contribution is -2.45. The molecule has 0 aliphatic heterocycles. The number of hydrogen-bond donors (Lipinski definition) is 0. The van der Waals surface area contributed by atoms with Crippen molar-refractivity contribution in [2.45, 2.75) is 66.6 Å². The Morgan fingerprint density at radius 2 is 1.63 bits per heavy atom. The Kier molecular flexibility index (Phi) is 7.56. The smallest absolute Gasteiger partial charge is 0.425 e. The number of carbonyl (C=O) groups is 2. The molecule has 2 amide bonds. The van der Waals surface area contributed by atoms with Crippen molar-refractivity contribution in [3.8, 4) is 17.5 Å². The van der Waals surface area contributed by atoms with Crippen molar-refractivity contribution in [1.82, 2.24) is 19.1 Å². The van der Waals surface area contributed by atoms with Crippen molar-refractivity contribution in [1.29, 1.82) is 5.26 Å². The number of halogens is 1. The molecule has 0 N–H and O–H groups in total. The number of hydrogen-bond acceptors (Lipinski definition) is 8. The van der Waals surface area contributed by atoms with Gasteiger partial charge in [0.25, 0.3) is 0 Å². The van der Waals surface area contributed by atoms with E-state index in [1.807, 2.05) is 26.0 Å². The van der Waals surface area contributed by atoms with Gasteiger partial charge in [-0.2, -0.15) is 10.2 Å². The zero-order valence-corrected chi connectivity index (χ0v) is 26.4. The van der Waals surface area contributed by atoms with Crippen molar-refractivity contribution < 1.29 is 23.8 Å². The van der Waals surface area contributed by atoms with Crippen LogP contribution in [0.25, 0.3) is 27.8 Å². The van der Waals surface area contributed by atoms with E-state index in [4.69, 9.17) is 14.2 Å². The van der Waals surface area contributed by atoms with Gasteiger partial charge in [0.1, 0.15) is 38.7 Å². The molecule has 0 saturated heterocycles. The lowest BCUT2D eigenvalue weighted by atomic mass is 10.1. The number of anilines is 1. The summed E-state index contributed by atoms with van der Waals surface area (Å²) in [5.74, 6) is 0.509. The first-order valence-electron chi connectivity index (χ1n) is 12.9. The number of nitrogens with zero attached hydrogens (tertiary/aromatic N) is 6. The molecule has 0 unspecified atom stereocenters. The number of nitriles is 1. The second-order valence-electron chi connectivity index (χ2n) is 11.7. The highest BCUT2D eigenvalue weighted by Gasteiger charge is 2.40. The van der Waals surface area contributed by atoms with Crippen LogP contribution in [0, 0.1) is 25.2 Å². The minimum absolute atomic E-state index is 0.00488. The van der Waals surface area contributed by atoms with E-state index >= 15 is 0 Å². The van der Waals surface area contributed by atoms with Gasteiger partial charge in [-0.1, -0.05) is 6.07 Å². The SMILES string of the molecule is COc1ccc(C)c(-n2c(N(C(=O)OC(C)(C)C)C(=O)OC(C)(C)C)c(C#N)c3c(Br)nc4c(ncn4C)c32)c1C. The third kappa shape index (κ3) is 5.34. The van der Waals surface area contributed by atoms with Crippen LogP contribution in [0.3, 0.4) is 0 Å². The van der Waals surface area contributed by atoms with Crippen LogP contribution in [-0.2, 0) is 16.5 Å². The number of amides is 2. The molecular weight excluding hydrogens is 592 g/mol. The fraction of sp³-hybridized carbons (Fsp3) is 0.414. The predicted molar refractivity (Wildman–Crippen MR) is 159 cm³/mol. The Morgan fingerprint density at radius 3 is 2.15 bits per heavy atom. The summed E-state index contributed by atoms with van der Waals surface area (Å²) in [5, 5.41) is 11.0. The first kappa shape index (κ1) is 29.9. The number of imide groups is 1. The van der Waals surface area contributed by atoms with Gasteiger partial charge in [0.2, 0.25) is 0 Å². The van der Waals surface area contributed by atoms with Crippen LogP contribution in [0.4, 0.5) is 15.4 Å². The number of imidazole rings is 1. The molecule has 11 nitrogen and oxygen atoms in total. The van der Waals surface area contributed by atoms with Gasteiger partial charge in [-0.15, -0.1) is 0 Å².